The maximum atomic E-state index is 9.46. The molecule has 0 radical (unpaired) electrons. The van der Waals surface area contributed by atoms with E-state index in [4.69, 9.17) is 4.74 Å². The molecule has 0 bridgehead atoms. The SMILES string of the molecule is CCNC(CSC(C)C(C)O)C1CCOC1. The van der Waals surface area contributed by atoms with Crippen molar-refractivity contribution >= 4 is 11.8 Å². The Morgan fingerprint density at radius 2 is 2.25 bits per heavy atom. The van der Waals surface area contributed by atoms with Crippen LogP contribution in [-0.4, -0.2) is 48.0 Å². The van der Waals surface area contributed by atoms with E-state index in [9.17, 15) is 5.11 Å². The van der Waals surface area contributed by atoms with Gasteiger partial charge in [-0.1, -0.05) is 13.8 Å². The van der Waals surface area contributed by atoms with Crippen LogP contribution in [0.1, 0.15) is 27.2 Å². The zero-order chi connectivity index (χ0) is 12.0. The monoisotopic (exact) mass is 247 g/mol. The zero-order valence-corrected chi connectivity index (χ0v) is 11.4. The maximum absolute atomic E-state index is 9.46. The zero-order valence-electron chi connectivity index (χ0n) is 10.6. The molecule has 3 nitrogen and oxygen atoms in total. The van der Waals surface area contributed by atoms with Gasteiger partial charge < -0.3 is 15.2 Å². The minimum Gasteiger partial charge on any atom is -0.392 e. The lowest BCUT2D eigenvalue weighted by atomic mass is 10.0. The van der Waals surface area contributed by atoms with Crippen LogP contribution in [0.25, 0.3) is 0 Å². The fourth-order valence-corrected chi connectivity index (χ4v) is 3.07. The van der Waals surface area contributed by atoms with Gasteiger partial charge in [0.05, 0.1) is 12.7 Å². The van der Waals surface area contributed by atoms with Crippen molar-refractivity contribution in [1.29, 1.82) is 0 Å². The molecule has 4 unspecified atom stereocenters. The summed E-state index contributed by atoms with van der Waals surface area (Å²) in [7, 11) is 0. The summed E-state index contributed by atoms with van der Waals surface area (Å²) in [5.74, 6) is 1.71. The van der Waals surface area contributed by atoms with Crippen LogP contribution in [0.4, 0.5) is 0 Å². The molecular weight excluding hydrogens is 222 g/mol. The molecule has 1 aliphatic rings. The Hall–Kier alpha value is 0.230. The van der Waals surface area contributed by atoms with Crippen molar-refractivity contribution in [1.82, 2.24) is 5.32 Å². The highest BCUT2D eigenvalue weighted by atomic mass is 32.2. The number of nitrogens with one attached hydrogen (secondary N) is 1. The molecule has 0 aromatic heterocycles. The second-order valence-electron chi connectivity index (χ2n) is 4.57. The van der Waals surface area contributed by atoms with Crippen LogP contribution in [-0.2, 0) is 4.74 Å². The Balaban J connectivity index is 2.32. The van der Waals surface area contributed by atoms with Crippen LogP contribution in [0.5, 0.6) is 0 Å². The molecule has 1 rings (SSSR count). The summed E-state index contributed by atoms with van der Waals surface area (Å²) in [5.41, 5.74) is 0. The molecule has 1 aliphatic heterocycles. The Bertz CT molecular complexity index is 184. The number of hydrogen-bond donors (Lipinski definition) is 2. The van der Waals surface area contributed by atoms with Gasteiger partial charge in [-0.2, -0.15) is 11.8 Å². The van der Waals surface area contributed by atoms with E-state index in [1.807, 2.05) is 18.7 Å². The Kier molecular flexibility index (Phi) is 6.73. The third-order valence-electron chi connectivity index (χ3n) is 3.22. The quantitative estimate of drug-likeness (QED) is 0.715. The number of thioether (sulfide) groups is 1. The minimum absolute atomic E-state index is 0.230. The average Bonchev–Trinajstić information content (AvgIpc) is 2.76. The van der Waals surface area contributed by atoms with E-state index >= 15 is 0 Å². The first-order valence-electron chi connectivity index (χ1n) is 6.26. The third kappa shape index (κ3) is 4.62. The smallest absolute Gasteiger partial charge is 0.0628 e. The summed E-state index contributed by atoms with van der Waals surface area (Å²) in [6, 6.07) is 0.527. The molecule has 16 heavy (non-hydrogen) atoms. The lowest BCUT2D eigenvalue weighted by molar-refractivity contribution is 0.179. The largest absolute Gasteiger partial charge is 0.392 e. The van der Waals surface area contributed by atoms with Crippen molar-refractivity contribution in [2.45, 2.75) is 44.6 Å². The van der Waals surface area contributed by atoms with Crippen molar-refractivity contribution in [2.24, 2.45) is 5.92 Å². The van der Waals surface area contributed by atoms with Crippen LogP contribution >= 0.6 is 11.8 Å². The van der Waals surface area contributed by atoms with Gasteiger partial charge in [-0.15, -0.1) is 0 Å². The molecule has 0 aliphatic carbocycles. The highest BCUT2D eigenvalue weighted by Gasteiger charge is 2.25. The van der Waals surface area contributed by atoms with Crippen LogP contribution in [0.15, 0.2) is 0 Å². The number of rotatable bonds is 7. The highest BCUT2D eigenvalue weighted by Crippen LogP contribution is 2.23. The van der Waals surface area contributed by atoms with Crippen LogP contribution in [0.3, 0.4) is 0 Å². The molecule has 96 valence electrons. The van der Waals surface area contributed by atoms with E-state index in [0.29, 0.717) is 17.2 Å². The summed E-state index contributed by atoms with van der Waals surface area (Å²) in [4.78, 5) is 0. The van der Waals surface area contributed by atoms with E-state index in [1.165, 1.54) is 6.42 Å². The Morgan fingerprint density at radius 1 is 1.50 bits per heavy atom. The first-order valence-corrected chi connectivity index (χ1v) is 7.30. The first kappa shape index (κ1) is 14.3. The standard InChI is InChI=1S/C12H25NO2S/c1-4-13-12(11-5-6-15-7-11)8-16-10(3)9(2)14/h9-14H,4-8H2,1-3H3. The van der Waals surface area contributed by atoms with E-state index in [1.54, 1.807) is 0 Å². The van der Waals surface area contributed by atoms with Crippen molar-refractivity contribution in [3.8, 4) is 0 Å². The average molecular weight is 247 g/mol. The van der Waals surface area contributed by atoms with Gasteiger partial charge in [0.15, 0.2) is 0 Å². The predicted octanol–water partition coefficient (Wildman–Crippen LogP) is 1.50. The molecule has 1 fully saturated rings. The van der Waals surface area contributed by atoms with Gasteiger partial charge in [-0.3, -0.25) is 0 Å². The van der Waals surface area contributed by atoms with Gasteiger partial charge in [0.2, 0.25) is 0 Å². The second kappa shape index (κ2) is 7.54. The van der Waals surface area contributed by atoms with Crippen LogP contribution in [0, 0.1) is 5.92 Å². The van der Waals surface area contributed by atoms with Gasteiger partial charge in [0.25, 0.3) is 0 Å². The van der Waals surface area contributed by atoms with Crippen molar-refractivity contribution in [3.63, 3.8) is 0 Å². The van der Waals surface area contributed by atoms with Crippen molar-refractivity contribution < 1.29 is 9.84 Å². The number of aliphatic hydroxyl groups is 1. The summed E-state index contributed by atoms with van der Waals surface area (Å²) in [6.45, 7) is 8.89. The fourth-order valence-electron chi connectivity index (χ4n) is 1.89. The third-order valence-corrected chi connectivity index (χ3v) is 4.69. The van der Waals surface area contributed by atoms with E-state index in [-0.39, 0.29) is 6.10 Å². The van der Waals surface area contributed by atoms with Gasteiger partial charge >= 0.3 is 0 Å². The molecule has 4 heteroatoms. The van der Waals surface area contributed by atoms with Crippen molar-refractivity contribution in [3.05, 3.63) is 0 Å². The molecule has 0 amide bonds. The molecule has 2 N–H and O–H groups in total. The Morgan fingerprint density at radius 3 is 2.75 bits per heavy atom. The number of ether oxygens (including phenoxy) is 1. The summed E-state index contributed by atoms with van der Waals surface area (Å²) >= 11 is 1.85. The maximum Gasteiger partial charge on any atom is 0.0628 e. The van der Waals surface area contributed by atoms with E-state index in [2.05, 4.69) is 19.2 Å². The summed E-state index contributed by atoms with van der Waals surface area (Å²) in [6.07, 6.45) is 0.938. The first-order chi connectivity index (χ1) is 7.65. The second-order valence-corrected chi connectivity index (χ2v) is 5.98. The van der Waals surface area contributed by atoms with Gasteiger partial charge in [0, 0.05) is 29.6 Å². The fraction of sp³-hybridized carbons (Fsp3) is 1.00. The molecule has 0 spiro atoms. The molecule has 0 aromatic carbocycles. The summed E-state index contributed by atoms with van der Waals surface area (Å²) in [5, 5.41) is 13.3. The molecular formula is C12H25NO2S. The number of aliphatic hydroxyl groups excluding tert-OH is 1. The van der Waals surface area contributed by atoms with Gasteiger partial charge in [0.1, 0.15) is 0 Å². The lowest BCUT2D eigenvalue weighted by Gasteiger charge is -2.25. The predicted molar refractivity (Wildman–Crippen MR) is 70.0 cm³/mol. The molecule has 1 saturated heterocycles. The highest BCUT2D eigenvalue weighted by molar-refractivity contribution is 7.99. The minimum atomic E-state index is -0.230. The van der Waals surface area contributed by atoms with Gasteiger partial charge in [-0.05, 0) is 19.9 Å². The number of hydrogen-bond acceptors (Lipinski definition) is 4. The molecule has 0 aromatic rings. The van der Waals surface area contributed by atoms with Crippen molar-refractivity contribution in [2.75, 3.05) is 25.5 Å². The van der Waals surface area contributed by atoms with E-state index < -0.39 is 0 Å². The van der Waals surface area contributed by atoms with Crippen LogP contribution < -0.4 is 5.32 Å². The lowest BCUT2D eigenvalue weighted by Crippen LogP contribution is -2.39. The molecule has 4 atom stereocenters. The van der Waals surface area contributed by atoms with Gasteiger partial charge in [-0.25, -0.2) is 0 Å². The van der Waals surface area contributed by atoms with E-state index in [0.717, 1.165) is 25.5 Å². The molecule has 0 saturated carbocycles. The molecule has 1 heterocycles. The normalized spacial score (nSPS) is 26.6. The Labute approximate surface area is 103 Å². The topological polar surface area (TPSA) is 41.5 Å². The van der Waals surface area contributed by atoms with Crippen LogP contribution in [0.2, 0.25) is 0 Å². The summed E-state index contributed by atoms with van der Waals surface area (Å²) < 4.78 is 5.44.